The van der Waals surface area contributed by atoms with Crippen LogP contribution in [0.4, 0.5) is 9.39 Å². The van der Waals surface area contributed by atoms with Crippen molar-refractivity contribution in [3.8, 4) is 5.69 Å². The highest BCUT2D eigenvalue weighted by Gasteiger charge is 2.24. The average Bonchev–Trinajstić information content (AvgIpc) is 3.12. The molecule has 2 heterocycles. The summed E-state index contributed by atoms with van der Waals surface area (Å²) in [5, 5.41) is 8.37. The van der Waals surface area contributed by atoms with E-state index in [4.69, 9.17) is 4.74 Å². The molecule has 0 unspecified atom stereocenters. The van der Waals surface area contributed by atoms with Crippen LogP contribution in [0.3, 0.4) is 0 Å². The summed E-state index contributed by atoms with van der Waals surface area (Å²) < 4.78 is 43.2. The van der Waals surface area contributed by atoms with E-state index in [0.717, 1.165) is 38.7 Å². The third-order valence-electron chi connectivity index (χ3n) is 4.38. The number of anilines is 1. The van der Waals surface area contributed by atoms with Crippen molar-refractivity contribution in [1.82, 2.24) is 14.1 Å². The van der Waals surface area contributed by atoms with Crippen molar-refractivity contribution in [3.05, 3.63) is 51.5 Å². The number of hydrogen-bond donors (Lipinski definition) is 1. The minimum Gasteiger partial charge on any atom is -0.461 e. The van der Waals surface area contributed by atoms with E-state index in [0.29, 0.717) is 0 Å². The minimum atomic E-state index is -3.59. The number of carbonyl (C=O) groups is 2. The van der Waals surface area contributed by atoms with E-state index < -0.39 is 39.8 Å². The fraction of sp³-hybridized carbons (Fsp3) is 0.263. The lowest BCUT2D eigenvalue weighted by Crippen LogP contribution is -2.34. The summed E-state index contributed by atoms with van der Waals surface area (Å²) in [7, 11) is -2.35. The summed E-state index contributed by atoms with van der Waals surface area (Å²) in [4.78, 5) is 38.0. The second-order valence-corrected chi connectivity index (χ2v) is 9.65. The van der Waals surface area contributed by atoms with Gasteiger partial charge < -0.3 is 10.1 Å². The molecule has 32 heavy (non-hydrogen) atoms. The largest absolute Gasteiger partial charge is 0.461 e. The van der Waals surface area contributed by atoms with Gasteiger partial charge in [-0.1, -0.05) is 0 Å². The number of benzene rings is 1. The van der Waals surface area contributed by atoms with Gasteiger partial charge in [0.25, 0.3) is 5.56 Å². The molecule has 0 spiro atoms. The highest BCUT2D eigenvalue weighted by Crippen LogP contribution is 2.30. The lowest BCUT2D eigenvalue weighted by atomic mass is 10.2. The number of rotatable bonds is 7. The van der Waals surface area contributed by atoms with Crippen LogP contribution in [0.2, 0.25) is 0 Å². The van der Waals surface area contributed by atoms with Crippen LogP contribution >= 0.6 is 11.3 Å². The highest BCUT2D eigenvalue weighted by atomic mass is 32.2. The summed E-state index contributed by atoms with van der Waals surface area (Å²) in [6.45, 7) is 1.21. The van der Waals surface area contributed by atoms with Crippen molar-refractivity contribution < 1.29 is 27.1 Å². The van der Waals surface area contributed by atoms with Gasteiger partial charge in [-0.15, -0.1) is 11.3 Å². The van der Waals surface area contributed by atoms with Crippen LogP contribution < -0.4 is 10.9 Å². The maximum Gasteiger partial charge on any atom is 0.359 e. The quantitative estimate of drug-likeness (QED) is 0.507. The molecule has 0 radical (unpaired) electrons. The van der Waals surface area contributed by atoms with Gasteiger partial charge in [-0.25, -0.2) is 17.6 Å². The molecule has 0 aliphatic rings. The van der Waals surface area contributed by atoms with Crippen LogP contribution in [0, 0.1) is 5.82 Å². The molecule has 0 fully saturated rings. The molecule has 0 saturated carbocycles. The van der Waals surface area contributed by atoms with E-state index in [2.05, 4.69) is 10.4 Å². The third kappa shape index (κ3) is 4.84. The molecule has 3 rings (SSSR count). The molecule has 1 N–H and O–H groups in total. The Labute approximate surface area is 186 Å². The van der Waals surface area contributed by atoms with Gasteiger partial charge in [-0.05, 0) is 31.2 Å². The molecule has 0 atom stereocenters. The second kappa shape index (κ2) is 9.14. The first kappa shape index (κ1) is 23.5. The van der Waals surface area contributed by atoms with Crippen molar-refractivity contribution in [2.45, 2.75) is 6.92 Å². The molecule has 170 valence electrons. The Kier molecular flexibility index (Phi) is 6.71. The van der Waals surface area contributed by atoms with E-state index in [9.17, 15) is 27.2 Å². The predicted molar refractivity (Wildman–Crippen MR) is 117 cm³/mol. The number of amides is 1. The van der Waals surface area contributed by atoms with E-state index in [-0.39, 0.29) is 33.8 Å². The van der Waals surface area contributed by atoms with Gasteiger partial charge in [0.1, 0.15) is 10.8 Å². The van der Waals surface area contributed by atoms with Gasteiger partial charge in [0, 0.05) is 17.8 Å². The number of hydrogen-bond acceptors (Lipinski definition) is 8. The Morgan fingerprint density at radius 1 is 1.28 bits per heavy atom. The van der Waals surface area contributed by atoms with E-state index in [1.54, 1.807) is 6.92 Å². The zero-order valence-corrected chi connectivity index (χ0v) is 18.9. The third-order valence-corrected chi connectivity index (χ3v) is 6.53. The molecular formula is C19H19FN4O6S2. The molecule has 1 amide bonds. The number of nitrogens with zero attached hydrogens (tertiary/aromatic N) is 3. The lowest BCUT2D eigenvalue weighted by molar-refractivity contribution is -0.116. The average molecular weight is 483 g/mol. The summed E-state index contributed by atoms with van der Waals surface area (Å²) in [5.41, 5.74) is -0.618. The number of ether oxygens (including phenoxy) is 1. The molecule has 13 heteroatoms. The minimum absolute atomic E-state index is 0.00673. The van der Waals surface area contributed by atoms with E-state index >= 15 is 0 Å². The van der Waals surface area contributed by atoms with Crippen molar-refractivity contribution in [3.63, 3.8) is 0 Å². The van der Waals surface area contributed by atoms with Gasteiger partial charge in [0.2, 0.25) is 15.9 Å². The van der Waals surface area contributed by atoms with Crippen LogP contribution in [0.5, 0.6) is 0 Å². The molecule has 0 bridgehead atoms. The van der Waals surface area contributed by atoms with Crippen molar-refractivity contribution in [2.75, 3.05) is 31.8 Å². The van der Waals surface area contributed by atoms with Crippen molar-refractivity contribution >= 4 is 49.0 Å². The fourth-order valence-corrected chi connectivity index (χ4v) is 4.04. The Morgan fingerprint density at radius 3 is 2.53 bits per heavy atom. The van der Waals surface area contributed by atoms with E-state index in [1.807, 2.05) is 0 Å². The number of thiophene rings is 1. The van der Waals surface area contributed by atoms with Crippen LogP contribution in [0.15, 0.2) is 34.4 Å². The monoisotopic (exact) mass is 482 g/mol. The Morgan fingerprint density at radius 2 is 1.94 bits per heavy atom. The van der Waals surface area contributed by atoms with Crippen LogP contribution in [-0.4, -0.2) is 60.8 Å². The van der Waals surface area contributed by atoms with Crippen LogP contribution in [-0.2, 0) is 19.6 Å². The summed E-state index contributed by atoms with van der Waals surface area (Å²) in [5.74, 6) is -1.98. The molecule has 0 aliphatic heterocycles. The van der Waals surface area contributed by atoms with Crippen LogP contribution in [0.1, 0.15) is 17.4 Å². The van der Waals surface area contributed by atoms with Gasteiger partial charge in [-0.3, -0.25) is 9.59 Å². The Hall–Kier alpha value is -3.16. The molecule has 0 aliphatic carbocycles. The molecule has 0 saturated heterocycles. The smallest absolute Gasteiger partial charge is 0.359 e. The number of esters is 1. The number of fused-ring (bicyclic) bond motifs is 1. The topological polar surface area (TPSA) is 128 Å². The van der Waals surface area contributed by atoms with Gasteiger partial charge in [0.15, 0.2) is 5.69 Å². The first-order chi connectivity index (χ1) is 15.0. The number of carbonyl (C=O) groups excluding carboxylic acids is 2. The van der Waals surface area contributed by atoms with Gasteiger partial charge in [-0.2, -0.15) is 14.1 Å². The number of halogens is 1. The predicted octanol–water partition coefficient (Wildman–Crippen LogP) is 1.59. The normalized spacial score (nSPS) is 11.7. The fourth-order valence-electron chi connectivity index (χ4n) is 2.73. The first-order valence-electron chi connectivity index (χ1n) is 9.21. The molecular weight excluding hydrogens is 463 g/mol. The van der Waals surface area contributed by atoms with Crippen LogP contribution in [0.25, 0.3) is 16.5 Å². The van der Waals surface area contributed by atoms with Crippen molar-refractivity contribution in [2.24, 2.45) is 0 Å². The summed E-state index contributed by atoms with van der Waals surface area (Å²) in [6, 6.07) is 4.90. The highest BCUT2D eigenvalue weighted by molar-refractivity contribution is 7.88. The molecule has 10 nitrogen and oxygen atoms in total. The van der Waals surface area contributed by atoms with Gasteiger partial charge in [0.05, 0.1) is 30.5 Å². The number of nitrogens with one attached hydrogen (secondary N) is 1. The van der Waals surface area contributed by atoms with Crippen molar-refractivity contribution in [1.29, 1.82) is 0 Å². The SMILES string of the molecule is CCOC(=O)c1nn(-c2ccc(F)cc2)c(=O)c2c(NC(=O)CN(C)S(C)(=O)=O)scc12. The molecule has 2 aromatic heterocycles. The maximum atomic E-state index is 13.3. The number of aromatic nitrogens is 2. The summed E-state index contributed by atoms with van der Waals surface area (Å²) in [6.07, 6.45) is 0.958. The zero-order chi connectivity index (χ0) is 23.6. The number of sulfonamides is 1. The van der Waals surface area contributed by atoms with E-state index in [1.165, 1.54) is 24.6 Å². The second-order valence-electron chi connectivity index (χ2n) is 6.68. The number of likely N-dealkylation sites (N-methyl/N-ethyl adjacent to an activating group) is 1. The van der Waals surface area contributed by atoms with Gasteiger partial charge >= 0.3 is 5.97 Å². The maximum absolute atomic E-state index is 13.3. The molecule has 1 aromatic carbocycles. The summed E-state index contributed by atoms with van der Waals surface area (Å²) >= 11 is 0.975. The zero-order valence-electron chi connectivity index (χ0n) is 17.3. The standard InChI is InChI=1S/C19H19FN4O6S2/c1-4-30-19(27)16-13-10-31-17(21-14(25)9-23(2)32(3,28)29)15(13)18(26)24(22-16)12-7-5-11(20)6-8-12/h5-8,10H,4,9H2,1-3H3,(H,21,25). The first-order valence-corrected chi connectivity index (χ1v) is 11.9. The lowest BCUT2D eigenvalue weighted by Gasteiger charge is -2.13. The Bertz CT molecular complexity index is 1350. The Balaban J connectivity index is 2.13. The molecule has 3 aromatic rings.